The van der Waals surface area contributed by atoms with E-state index in [1.54, 1.807) is 0 Å². The molecule has 1 N–H and O–H groups in total. The molecule has 0 aliphatic rings. The molecular weight excluding hydrogens is 397 g/mol. The number of thiophene rings is 1. The highest BCUT2D eigenvalue weighted by atomic mass is 35.5. The fraction of sp³-hybridized carbons (Fsp3) is 0.389. The highest BCUT2D eigenvalue weighted by Gasteiger charge is 2.24. The number of rotatable bonds is 7. The average molecular weight is 416 g/mol. The maximum Gasteiger partial charge on any atom is 0.350 e. The second kappa shape index (κ2) is 9.14. The van der Waals surface area contributed by atoms with Gasteiger partial charge < -0.3 is 14.8 Å². The summed E-state index contributed by atoms with van der Waals surface area (Å²) in [6.07, 6.45) is 0.389. The lowest BCUT2D eigenvalue weighted by Crippen LogP contribution is -2.44. The van der Waals surface area contributed by atoms with Crippen molar-refractivity contribution in [2.24, 2.45) is 5.92 Å². The minimum atomic E-state index is -0.822. The Morgan fingerprint density at radius 2 is 2.00 bits per heavy atom. The Balaban J connectivity index is 2.01. The number of carbonyl (C=O) groups is 3. The molecule has 6 nitrogen and oxygen atoms in total. The molecule has 1 heterocycles. The van der Waals surface area contributed by atoms with Crippen molar-refractivity contribution in [3.63, 3.8) is 0 Å². The van der Waals surface area contributed by atoms with E-state index in [-0.39, 0.29) is 15.8 Å². The molecule has 1 amide bonds. The molecule has 0 spiro atoms. The average Bonchev–Trinajstić information content (AvgIpc) is 2.94. The zero-order valence-corrected chi connectivity index (χ0v) is 16.6. The third-order valence-corrected chi connectivity index (χ3v) is 5.28. The molecule has 1 aromatic carbocycles. The summed E-state index contributed by atoms with van der Waals surface area (Å²) in [4.78, 5) is 36.0. The number of hydrogen-bond acceptors (Lipinski definition) is 6. The molecule has 0 aliphatic heterocycles. The molecular formula is C18H19ClFNO5S. The van der Waals surface area contributed by atoms with Crippen molar-refractivity contribution < 1.29 is 28.2 Å². The molecule has 2 rings (SSSR count). The van der Waals surface area contributed by atoms with Crippen molar-refractivity contribution in [1.82, 2.24) is 5.32 Å². The van der Waals surface area contributed by atoms with Crippen LogP contribution in [0.25, 0.3) is 10.1 Å². The van der Waals surface area contributed by atoms with E-state index in [1.165, 1.54) is 25.3 Å². The van der Waals surface area contributed by atoms with Gasteiger partial charge in [-0.3, -0.25) is 4.79 Å². The van der Waals surface area contributed by atoms with Crippen LogP contribution in [0.4, 0.5) is 4.39 Å². The molecule has 0 unspecified atom stereocenters. The van der Waals surface area contributed by atoms with E-state index in [0.29, 0.717) is 16.5 Å². The van der Waals surface area contributed by atoms with Gasteiger partial charge in [0.25, 0.3) is 5.91 Å². The summed E-state index contributed by atoms with van der Waals surface area (Å²) in [7, 11) is 1.23. The van der Waals surface area contributed by atoms with Gasteiger partial charge in [0.2, 0.25) is 0 Å². The number of fused-ring (bicyclic) bond motifs is 1. The summed E-state index contributed by atoms with van der Waals surface area (Å²) < 4.78 is 23.4. The van der Waals surface area contributed by atoms with Crippen LogP contribution in [0.3, 0.4) is 0 Å². The summed E-state index contributed by atoms with van der Waals surface area (Å²) in [5, 5.41) is 3.16. The monoisotopic (exact) mass is 415 g/mol. The van der Waals surface area contributed by atoms with Gasteiger partial charge in [-0.2, -0.15) is 0 Å². The first-order valence-electron chi connectivity index (χ1n) is 8.14. The van der Waals surface area contributed by atoms with Crippen LogP contribution in [0.5, 0.6) is 0 Å². The Hall–Kier alpha value is -2.19. The lowest BCUT2D eigenvalue weighted by molar-refractivity contribution is -0.145. The van der Waals surface area contributed by atoms with Crippen LogP contribution in [-0.4, -0.2) is 37.6 Å². The van der Waals surface area contributed by atoms with Gasteiger partial charge in [0, 0.05) is 10.1 Å². The van der Waals surface area contributed by atoms with Gasteiger partial charge in [-0.25, -0.2) is 14.0 Å². The fourth-order valence-corrected chi connectivity index (χ4v) is 3.86. The number of halogens is 2. The van der Waals surface area contributed by atoms with Gasteiger partial charge in [0.15, 0.2) is 6.61 Å². The minimum absolute atomic E-state index is 0.0803. The Bertz CT molecular complexity index is 867. The third-order valence-electron chi connectivity index (χ3n) is 3.64. The first-order chi connectivity index (χ1) is 12.7. The lowest BCUT2D eigenvalue weighted by Gasteiger charge is -2.18. The number of amides is 1. The molecule has 0 saturated heterocycles. The normalized spacial score (nSPS) is 12.1. The molecule has 0 radical (unpaired) electrons. The number of nitrogens with one attached hydrogen (secondary N) is 1. The molecule has 0 aliphatic carbocycles. The Kier molecular flexibility index (Phi) is 7.15. The molecule has 0 bridgehead atoms. The van der Waals surface area contributed by atoms with Crippen molar-refractivity contribution in [2.45, 2.75) is 26.3 Å². The molecule has 9 heteroatoms. The summed E-state index contributed by atoms with van der Waals surface area (Å²) in [6, 6.07) is 3.16. The van der Waals surface area contributed by atoms with Crippen LogP contribution in [0.15, 0.2) is 18.2 Å². The third kappa shape index (κ3) is 5.40. The maximum absolute atomic E-state index is 13.3. The van der Waals surface area contributed by atoms with E-state index in [0.717, 1.165) is 11.3 Å². The Morgan fingerprint density at radius 3 is 2.63 bits per heavy atom. The molecule has 27 heavy (non-hydrogen) atoms. The molecule has 0 fully saturated rings. The Morgan fingerprint density at radius 1 is 1.30 bits per heavy atom. The van der Waals surface area contributed by atoms with Crippen molar-refractivity contribution in [3.05, 3.63) is 33.9 Å². The molecule has 146 valence electrons. The van der Waals surface area contributed by atoms with Crippen molar-refractivity contribution in [2.75, 3.05) is 13.7 Å². The Labute approximate surface area is 164 Å². The van der Waals surface area contributed by atoms with Crippen LogP contribution in [-0.2, 0) is 19.1 Å². The van der Waals surface area contributed by atoms with Gasteiger partial charge in [-0.1, -0.05) is 25.4 Å². The molecule has 2 aromatic rings. The minimum Gasteiger partial charge on any atom is -0.467 e. The summed E-state index contributed by atoms with van der Waals surface area (Å²) in [6.45, 7) is 3.21. The van der Waals surface area contributed by atoms with Crippen LogP contribution < -0.4 is 5.32 Å². The van der Waals surface area contributed by atoms with Crippen LogP contribution in [0.2, 0.25) is 5.02 Å². The van der Waals surface area contributed by atoms with Crippen LogP contribution >= 0.6 is 22.9 Å². The summed E-state index contributed by atoms with van der Waals surface area (Å²) in [5.41, 5.74) is 0. The van der Waals surface area contributed by atoms with Gasteiger partial charge in [0.1, 0.15) is 16.7 Å². The van der Waals surface area contributed by atoms with Crippen molar-refractivity contribution >= 4 is 50.9 Å². The van der Waals surface area contributed by atoms with Gasteiger partial charge >= 0.3 is 11.9 Å². The number of ether oxygens (including phenoxy) is 2. The quantitative estimate of drug-likeness (QED) is 0.699. The highest BCUT2D eigenvalue weighted by molar-refractivity contribution is 7.21. The maximum atomic E-state index is 13.3. The predicted octanol–water partition coefficient (Wildman–Crippen LogP) is 3.55. The number of methoxy groups -OCH3 is 1. The van der Waals surface area contributed by atoms with E-state index in [2.05, 4.69) is 10.1 Å². The number of esters is 2. The molecule has 0 saturated carbocycles. The predicted molar refractivity (Wildman–Crippen MR) is 100 cm³/mol. The fourth-order valence-electron chi connectivity index (χ4n) is 2.43. The van der Waals surface area contributed by atoms with Crippen LogP contribution in [0, 0.1) is 11.7 Å². The summed E-state index contributed by atoms with van der Waals surface area (Å²) in [5.74, 6) is -2.30. The molecule has 1 atom stereocenters. The second-order valence-corrected chi connectivity index (χ2v) is 7.66. The topological polar surface area (TPSA) is 81.7 Å². The first-order valence-corrected chi connectivity index (χ1v) is 9.34. The number of hydrogen-bond donors (Lipinski definition) is 1. The summed E-state index contributed by atoms with van der Waals surface area (Å²) >= 11 is 7.12. The van der Waals surface area contributed by atoms with Gasteiger partial charge in [0.05, 0.1) is 12.1 Å². The zero-order chi connectivity index (χ0) is 20.1. The van der Waals surface area contributed by atoms with Gasteiger partial charge in [-0.15, -0.1) is 11.3 Å². The smallest absolute Gasteiger partial charge is 0.350 e. The van der Waals surface area contributed by atoms with Crippen LogP contribution in [0.1, 0.15) is 29.9 Å². The zero-order valence-electron chi connectivity index (χ0n) is 15.0. The SMILES string of the molecule is COC(=O)[C@@H](CC(C)C)NC(=O)COC(=O)c1sc2cc(F)ccc2c1Cl. The second-order valence-electron chi connectivity index (χ2n) is 6.23. The van der Waals surface area contributed by atoms with Crippen molar-refractivity contribution in [3.8, 4) is 0 Å². The van der Waals surface area contributed by atoms with Gasteiger partial charge in [-0.05, 0) is 30.5 Å². The van der Waals surface area contributed by atoms with E-state index >= 15 is 0 Å². The van der Waals surface area contributed by atoms with E-state index in [9.17, 15) is 18.8 Å². The van der Waals surface area contributed by atoms with E-state index in [1.807, 2.05) is 13.8 Å². The van der Waals surface area contributed by atoms with E-state index < -0.39 is 36.3 Å². The standard InChI is InChI=1S/C18H19ClFNO5S/c1-9(2)6-12(17(23)25-3)21-14(22)8-26-18(24)16-15(19)11-5-4-10(20)7-13(11)27-16/h4-5,7,9,12H,6,8H2,1-3H3,(H,21,22)/t12-/m1/s1. The molecule has 1 aromatic heterocycles. The van der Waals surface area contributed by atoms with Crippen molar-refractivity contribution in [1.29, 1.82) is 0 Å². The number of benzene rings is 1. The number of carbonyl (C=O) groups excluding carboxylic acids is 3. The largest absolute Gasteiger partial charge is 0.467 e. The highest BCUT2D eigenvalue weighted by Crippen LogP contribution is 2.36. The van der Waals surface area contributed by atoms with E-state index in [4.69, 9.17) is 16.3 Å². The lowest BCUT2D eigenvalue weighted by atomic mass is 10.0. The first kappa shape index (κ1) is 21.1.